The van der Waals surface area contributed by atoms with E-state index in [0.29, 0.717) is 17.1 Å². The number of unbranched alkanes of at least 4 members (excludes halogenated alkanes) is 5. The minimum atomic E-state index is -0.376. The number of rotatable bonds is 13. The van der Waals surface area contributed by atoms with Crippen LogP contribution in [0.15, 0.2) is 59.7 Å². The molecule has 0 aliphatic rings. The van der Waals surface area contributed by atoms with Crippen LogP contribution in [-0.2, 0) is 0 Å². The number of para-hydroxylation sites is 1. The van der Waals surface area contributed by atoms with Crippen molar-refractivity contribution in [3.63, 3.8) is 0 Å². The molecule has 1 aromatic heterocycles. The van der Waals surface area contributed by atoms with Gasteiger partial charge in [-0.25, -0.2) is 5.43 Å². The van der Waals surface area contributed by atoms with Gasteiger partial charge in [0.25, 0.3) is 5.91 Å². The van der Waals surface area contributed by atoms with Crippen molar-refractivity contribution in [2.45, 2.75) is 45.4 Å². The number of carbonyl (C=O) groups is 1. The lowest BCUT2D eigenvalue weighted by molar-refractivity contribution is 0.0950. The van der Waals surface area contributed by atoms with Gasteiger partial charge in [0.2, 0.25) is 0 Å². The molecule has 0 fully saturated rings. The Morgan fingerprint density at radius 1 is 1.06 bits per heavy atom. The Hall–Kier alpha value is -3.61. The van der Waals surface area contributed by atoms with Crippen molar-refractivity contribution in [1.82, 2.24) is 15.6 Å². The molecule has 2 aromatic carbocycles. The summed E-state index contributed by atoms with van der Waals surface area (Å²) in [6, 6.07) is 16.9. The summed E-state index contributed by atoms with van der Waals surface area (Å²) in [5, 5.41) is 11.0. The molecule has 7 nitrogen and oxygen atoms in total. The first-order chi connectivity index (χ1) is 16.2. The molecule has 174 valence electrons. The fourth-order valence-electron chi connectivity index (χ4n) is 3.37. The van der Waals surface area contributed by atoms with Gasteiger partial charge in [-0.05, 0) is 48.9 Å². The highest BCUT2D eigenvalue weighted by atomic mass is 16.5. The summed E-state index contributed by atoms with van der Waals surface area (Å²) >= 11 is 0. The van der Waals surface area contributed by atoms with E-state index >= 15 is 0 Å². The second-order valence-corrected chi connectivity index (χ2v) is 7.75. The fraction of sp³-hybridized carbons (Fsp3) is 0.346. The van der Waals surface area contributed by atoms with Crippen LogP contribution in [0.3, 0.4) is 0 Å². The Labute approximate surface area is 195 Å². The zero-order chi connectivity index (χ0) is 23.3. The van der Waals surface area contributed by atoms with E-state index in [1.54, 1.807) is 13.2 Å². The number of nitrogens with zero attached hydrogens (tertiary/aromatic N) is 2. The average molecular weight is 449 g/mol. The number of H-pyrrole nitrogens is 1. The molecule has 0 atom stereocenters. The molecular formula is C26H32N4O3. The van der Waals surface area contributed by atoms with Crippen molar-refractivity contribution in [3.05, 3.63) is 65.9 Å². The van der Waals surface area contributed by atoms with Gasteiger partial charge in [-0.1, -0.05) is 51.2 Å². The number of carbonyl (C=O) groups excluding carboxylic acids is 1. The number of amides is 1. The zero-order valence-corrected chi connectivity index (χ0v) is 19.3. The molecule has 0 spiro atoms. The summed E-state index contributed by atoms with van der Waals surface area (Å²) < 4.78 is 11.1. The number of hydrazone groups is 1. The van der Waals surface area contributed by atoms with Crippen LogP contribution < -0.4 is 14.9 Å². The van der Waals surface area contributed by atoms with Gasteiger partial charge in [-0.3, -0.25) is 9.89 Å². The summed E-state index contributed by atoms with van der Waals surface area (Å²) in [6.45, 7) is 2.96. The number of methoxy groups -OCH3 is 1. The Morgan fingerprint density at radius 2 is 1.82 bits per heavy atom. The molecule has 0 bridgehead atoms. The predicted molar refractivity (Wildman–Crippen MR) is 131 cm³/mol. The van der Waals surface area contributed by atoms with Crippen molar-refractivity contribution in [3.8, 4) is 22.8 Å². The van der Waals surface area contributed by atoms with Crippen LogP contribution in [0.5, 0.6) is 11.5 Å². The van der Waals surface area contributed by atoms with E-state index in [4.69, 9.17) is 9.47 Å². The maximum atomic E-state index is 12.4. The first-order valence-electron chi connectivity index (χ1n) is 11.5. The summed E-state index contributed by atoms with van der Waals surface area (Å²) in [4.78, 5) is 12.4. The van der Waals surface area contributed by atoms with Crippen LogP contribution in [0.1, 0.15) is 61.5 Å². The van der Waals surface area contributed by atoms with Crippen molar-refractivity contribution >= 4 is 12.1 Å². The van der Waals surface area contributed by atoms with Crippen LogP contribution in [0.25, 0.3) is 11.3 Å². The Balaban J connectivity index is 1.48. The van der Waals surface area contributed by atoms with E-state index in [9.17, 15) is 4.79 Å². The van der Waals surface area contributed by atoms with Crippen LogP contribution in [0, 0.1) is 0 Å². The summed E-state index contributed by atoms with van der Waals surface area (Å²) in [6.07, 6.45) is 8.98. The van der Waals surface area contributed by atoms with Crippen LogP contribution in [-0.4, -0.2) is 36.0 Å². The summed E-state index contributed by atoms with van der Waals surface area (Å²) in [5.41, 5.74) is 5.17. The maximum absolute atomic E-state index is 12.4. The fourth-order valence-corrected chi connectivity index (χ4v) is 3.37. The molecule has 0 saturated carbocycles. The highest BCUT2D eigenvalue weighted by molar-refractivity contribution is 5.94. The lowest BCUT2D eigenvalue weighted by Crippen LogP contribution is -2.18. The molecule has 3 aromatic rings. The second-order valence-electron chi connectivity index (χ2n) is 7.75. The van der Waals surface area contributed by atoms with Gasteiger partial charge in [0.05, 0.1) is 25.6 Å². The SMILES string of the molecule is CCCCCCCCOc1ccc(-c2cc(C(=O)N/N=C/c3ccccc3OC)[nH]n2)cc1. The largest absolute Gasteiger partial charge is 0.496 e. The Bertz CT molecular complexity index is 1030. The molecule has 33 heavy (non-hydrogen) atoms. The Kier molecular flexibility index (Phi) is 9.51. The van der Waals surface area contributed by atoms with Crippen molar-refractivity contribution in [2.24, 2.45) is 5.10 Å². The first kappa shape index (κ1) is 24.0. The number of hydrogen-bond acceptors (Lipinski definition) is 5. The second kappa shape index (κ2) is 13.1. The molecule has 3 rings (SSSR count). The van der Waals surface area contributed by atoms with E-state index in [1.165, 1.54) is 38.3 Å². The highest BCUT2D eigenvalue weighted by Gasteiger charge is 2.11. The monoisotopic (exact) mass is 448 g/mol. The van der Waals surface area contributed by atoms with Crippen molar-refractivity contribution in [2.75, 3.05) is 13.7 Å². The molecular weight excluding hydrogens is 416 g/mol. The third-order valence-electron chi connectivity index (χ3n) is 5.25. The molecule has 0 radical (unpaired) electrons. The molecule has 0 saturated heterocycles. The maximum Gasteiger partial charge on any atom is 0.289 e. The first-order valence-corrected chi connectivity index (χ1v) is 11.5. The van der Waals surface area contributed by atoms with E-state index in [0.717, 1.165) is 29.9 Å². The third-order valence-corrected chi connectivity index (χ3v) is 5.25. The quantitative estimate of drug-likeness (QED) is 0.203. The molecule has 0 unspecified atom stereocenters. The minimum absolute atomic E-state index is 0.325. The zero-order valence-electron chi connectivity index (χ0n) is 19.3. The summed E-state index contributed by atoms with van der Waals surface area (Å²) in [7, 11) is 1.59. The van der Waals surface area contributed by atoms with Crippen molar-refractivity contribution < 1.29 is 14.3 Å². The topological polar surface area (TPSA) is 88.6 Å². The van der Waals surface area contributed by atoms with Crippen molar-refractivity contribution in [1.29, 1.82) is 0 Å². The van der Waals surface area contributed by atoms with E-state index in [2.05, 4.69) is 27.6 Å². The van der Waals surface area contributed by atoms with Gasteiger partial charge >= 0.3 is 0 Å². The smallest absolute Gasteiger partial charge is 0.289 e. The van der Waals surface area contributed by atoms with E-state index in [1.807, 2.05) is 48.5 Å². The minimum Gasteiger partial charge on any atom is -0.496 e. The lowest BCUT2D eigenvalue weighted by Gasteiger charge is -2.06. The predicted octanol–water partition coefficient (Wildman–Crippen LogP) is 5.59. The normalized spacial score (nSPS) is 11.0. The van der Waals surface area contributed by atoms with Gasteiger partial charge < -0.3 is 9.47 Å². The Morgan fingerprint density at radius 3 is 2.61 bits per heavy atom. The van der Waals surface area contributed by atoms with E-state index in [-0.39, 0.29) is 5.91 Å². The van der Waals surface area contributed by atoms with Crippen LogP contribution >= 0.6 is 0 Å². The number of hydrogen-bond donors (Lipinski definition) is 2. The molecule has 0 aliphatic carbocycles. The van der Waals surface area contributed by atoms with Crippen LogP contribution in [0.2, 0.25) is 0 Å². The number of aromatic nitrogens is 2. The average Bonchev–Trinajstić information content (AvgIpc) is 3.35. The van der Waals surface area contributed by atoms with E-state index < -0.39 is 0 Å². The molecule has 1 heterocycles. The molecule has 1 amide bonds. The number of nitrogens with one attached hydrogen (secondary N) is 2. The lowest BCUT2D eigenvalue weighted by atomic mass is 10.1. The van der Waals surface area contributed by atoms with Gasteiger partial charge in [0.1, 0.15) is 17.2 Å². The number of aromatic amines is 1. The van der Waals surface area contributed by atoms with Gasteiger partial charge in [-0.15, -0.1) is 0 Å². The van der Waals surface area contributed by atoms with Crippen LogP contribution in [0.4, 0.5) is 0 Å². The summed E-state index contributed by atoms with van der Waals surface area (Å²) in [5.74, 6) is 1.14. The van der Waals surface area contributed by atoms with Gasteiger partial charge in [-0.2, -0.15) is 10.2 Å². The molecule has 7 heteroatoms. The van der Waals surface area contributed by atoms with Gasteiger partial charge in [0.15, 0.2) is 0 Å². The molecule has 0 aliphatic heterocycles. The number of ether oxygens (including phenoxy) is 2. The van der Waals surface area contributed by atoms with Gasteiger partial charge in [0, 0.05) is 11.1 Å². The standard InChI is InChI=1S/C26H32N4O3/c1-3-4-5-6-7-10-17-33-22-15-13-20(14-16-22)23-18-24(29-28-23)26(31)30-27-19-21-11-8-9-12-25(21)32-2/h8-9,11-16,18-19H,3-7,10,17H2,1-2H3,(H,28,29)(H,30,31)/b27-19+. The number of benzene rings is 2. The highest BCUT2D eigenvalue weighted by Crippen LogP contribution is 2.22. The third kappa shape index (κ3) is 7.49. The molecule has 2 N–H and O–H groups in total.